The van der Waals surface area contributed by atoms with E-state index in [0.29, 0.717) is 6.10 Å². The second kappa shape index (κ2) is 4.12. The highest BCUT2D eigenvalue weighted by Gasteiger charge is 2.25. The van der Waals surface area contributed by atoms with Crippen molar-refractivity contribution >= 4 is 5.69 Å². The molecule has 86 valence electrons. The molecule has 0 saturated heterocycles. The van der Waals surface area contributed by atoms with Gasteiger partial charge in [-0.15, -0.1) is 0 Å². The molecule has 4 heteroatoms. The maximum Gasteiger partial charge on any atom is 0.273 e. The highest BCUT2D eigenvalue weighted by molar-refractivity contribution is 5.47. The molecule has 16 heavy (non-hydrogen) atoms. The summed E-state index contributed by atoms with van der Waals surface area (Å²) >= 11 is 0. The van der Waals surface area contributed by atoms with Gasteiger partial charge in [-0.1, -0.05) is 13.8 Å². The van der Waals surface area contributed by atoms with Gasteiger partial charge in [0, 0.05) is 11.6 Å². The van der Waals surface area contributed by atoms with Crippen molar-refractivity contribution in [3.63, 3.8) is 0 Å². The number of benzene rings is 1. The van der Waals surface area contributed by atoms with Crippen LogP contribution in [-0.4, -0.2) is 11.0 Å². The first-order chi connectivity index (χ1) is 7.58. The summed E-state index contributed by atoms with van der Waals surface area (Å²) in [7, 11) is 0. The van der Waals surface area contributed by atoms with E-state index in [9.17, 15) is 10.1 Å². The third-order valence-corrected chi connectivity index (χ3v) is 2.64. The van der Waals surface area contributed by atoms with Crippen LogP contribution < -0.4 is 4.74 Å². The molecule has 1 saturated carbocycles. The number of ether oxygens (including phenoxy) is 1. The number of nitrogens with zero attached hydrogens (tertiary/aromatic N) is 1. The van der Waals surface area contributed by atoms with Crippen molar-refractivity contribution < 1.29 is 9.66 Å². The fraction of sp³-hybridized carbons (Fsp3) is 0.500. The van der Waals surface area contributed by atoms with Gasteiger partial charge in [0.05, 0.1) is 11.0 Å². The predicted octanol–water partition coefficient (Wildman–Crippen LogP) is 3.26. The second-order valence-electron chi connectivity index (χ2n) is 4.45. The molecule has 0 bridgehead atoms. The molecular weight excluding hydrogens is 206 g/mol. The molecule has 1 fully saturated rings. The molecule has 0 spiro atoms. The normalized spacial score (nSPS) is 15.2. The molecule has 4 nitrogen and oxygen atoms in total. The molecule has 0 N–H and O–H groups in total. The Morgan fingerprint density at radius 2 is 2.12 bits per heavy atom. The Hall–Kier alpha value is -1.58. The van der Waals surface area contributed by atoms with Crippen LogP contribution in [0.5, 0.6) is 5.75 Å². The fourth-order valence-electron chi connectivity index (χ4n) is 1.61. The molecule has 2 rings (SSSR count). The summed E-state index contributed by atoms with van der Waals surface area (Å²) in [6, 6.07) is 5.01. The van der Waals surface area contributed by atoms with Gasteiger partial charge in [0.25, 0.3) is 5.69 Å². The molecule has 0 atom stereocenters. The quantitative estimate of drug-likeness (QED) is 0.579. The molecule has 0 amide bonds. The molecule has 0 unspecified atom stereocenters. The Labute approximate surface area is 94.4 Å². The molecule has 1 aliphatic carbocycles. The van der Waals surface area contributed by atoms with Crippen molar-refractivity contribution in [2.75, 3.05) is 0 Å². The largest absolute Gasteiger partial charge is 0.490 e. The van der Waals surface area contributed by atoms with Crippen LogP contribution in [0.25, 0.3) is 0 Å². The van der Waals surface area contributed by atoms with E-state index in [1.165, 1.54) is 6.07 Å². The number of hydrogen-bond acceptors (Lipinski definition) is 3. The van der Waals surface area contributed by atoms with Crippen LogP contribution in [-0.2, 0) is 0 Å². The van der Waals surface area contributed by atoms with Crippen LogP contribution >= 0.6 is 0 Å². The van der Waals surface area contributed by atoms with E-state index in [1.807, 2.05) is 13.8 Å². The zero-order chi connectivity index (χ0) is 11.7. The minimum Gasteiger partial charge on any atom is -0.490 e. The predicted molar refractivity (Wildman–Crippen MR) is 60.8 cm³/mol. The van der Waals surface area contributed by atoms with Crippen LogP contribution in [0, 0.1) is 10.1 Å². The van der Waals surface area contributed by atoms with Crippen molar-refractivity contribution in [2.45, 2.75) is 38.7 Å². The summed E-state index contributed by atoms with van der Waals surface area (Å²) in [4.78, 5) is 10.5. The molecular formula is C12H15NO3. The van der Waals surface area contributed by atoms with Crippen LogP contribution in [0.1, 0.15) is 38.2 Å². The van der Waals surface area contributed by atoms with E-state index in [-0.39, 0.29) is 16.5 Å². The zero-order valence-electron chi connectivity index (χ0n) is 9.47. The Morgan fingerprint density at radius 1 is 1.44 bits per heavy atom. The van der Waals surface area contributed by atoms with Crippen LogP contribution in [0.2, 0.25) is 0 Å². The SMILES string of the molecule is CC(C)c1cc(OC2CC2)ccc1[N+](=O)[O-]. The second-order valence-corrected chi connectivity index (χ2v) is 4.45. The number of hydrogen-bond donors (Lipinski definition) is 0. The standard InChI is InChI=1S/C12H15NO3/c1-8(2)11-7-10(16-9-3-4-9)5-6-12(11)13(14)15/h5-9H,3-4H2,1-2H3. The average Bonchev–Trinajstić information content (AvgIpc) is 3.01. The lowest BCUT2D eigenvalue weighted by molar-refractivity contribution is -0.385. The van der Waals surface area contributed by atoms with E-state index >= 15 is 0 Å². The fourth-order valence-corrected chi connectivity index (χ4v) is 1.61. The number of nitro groups is 1. The first-order valence-electron chi connectivity index (χ1n) is 5.53. The van der Waals surface area contributed by atoms with Crippen LogP contribution in [0.15, 0.2) is 18.2 Å². The molecule has 1 aromatic rings. The summed E-state index contributed by atoms with van der Waals surface area (Å²) in [5.74, 6) is 0.875. The summed E-state index contributed by atoms with van der Waals surface area (Å²) < 4.78 is 5.63. The van der Waals surface area contributed by atoms with E-state index in [4.69, 9.17) is 4.74 Å². The van der Waals surface area contributed by atoms with Crippen LogP contribution in [0.3, 0.4) is 0 Å². The van der Waals surface area contributed by atoms with Gasteiger partial charge in [0.2, 0.25) is 0 Å². The maximum absolute atomic E-state index is 10.8. The number of rotatable bonds is 4. The van der Waals surface area contributed by atoms with E-state index in [2.05, 4.69) is 0 Å². The molecule has 0 heterocycles. The van der Waals surface area contributed by atoms with Gasteiger partial charge in [0.1, 0.15) is 5.75 Å². The summed E-state index contributed by atoms with van der Waals surface area (Å²) in [6.45, 7) is 3.90. The van der Waals surface area contributed by atoms with Gasteiger partial charge in [-0.05, 0) is 30.9 Å². The highest BCUT2D eigenvalue weighted by atomic mass is 16.6. The van der Waals surface area contributed by atoms with E-state index < -0.39 is 0 Å². The molecule has 1 aliphatic rings. The monoisotopic (exact) mass is 221 g/mol. The molecule has 0 radical (unpaired) electrons. The van der Waals surface area contributed by atoms with Gasteiger partial charge >= 0.3 is 0 Å². The van der Waals surface area contributed by atoms with Gasteiger partial charge in [-0.3, -0.25) is 10.1 Å². The average molecular weight is 221 g/mol. The lowest BCUT2D eigenvalue weighted by atomic mass is 10.0. The van der Waals surface area contributed by atoms with Gasteiger partial charge in [0.15, 0.2) is 0 Å². The lowest BCUT2D eigenvalue weighted by Crippen LogP contribution is -2.00. The molecule has 0 aliphatic heterocycles. The Bertz CT molecular complexity index is 411. The lowest BCUT2D eigenvalue weighted by Gasteiger charge is -2.10. The third kappa shape index (κ3) is 2.32. The van der Waals surface area contributed by atoms with Gasteiger partial charge in [-0.25, -0.2) is 0 Å². The Kier molecular flexibility index (Phi) is 2.81. The zero-order valence-corrected chi connectivity index (χ0v) is 9.47. The minimum atomic E-state index is -0.337. The summed E-state index contributed by atoms with van der Waals surface area (Å²) in [6.07, 6.45) is 2.50. The third-order valence-electron chi connectivity index (χ3n) is 2.64. The van der Waals surface area contributed by atoms with Gasteiger partial charge in [-0.2, -0.15) is 0 Å². The number of nitro benzene ring substituents is 1. The van der Waals surface area contributed by atoms with E-state index in [0.717, 1.165) is 24.2 Å². The molecule has 1 aromatic carbocycles. The summed E-state index contributed by atoms with van der Waals surface area (Å²) in [5.41, 5.74) is 0.918. The topological polar surface area (TPSA) is 52.4 Å². The highest BCUT2D eigenvalue weighted by Crippen LogP contribution is 2.33. The van der Waals surface area contributed by atoms with Crippen molar-refractivity contribution in [1.29, 1.82) is 0 Å². The maximum atomic E-state index is 10.8. The first-order valence-corrected chi connectivity index (χ1v) is 5.53. The van der Waals surface area contributed by atoms with Crippen LogP contribution in [0.4, 0.5) is 5.69 Å². The van der Waals surface area contributed by atoms with Gasteiger partial charge < -0.3 is 4.74 Å². The van der Waals surface area contributed by atoms with Crippen molar-refractivity contribution in [2.24, 2.45) is 0 Å². The van der Waals surface area contributed by atoms with E-state index in [1.54, 1.807) is 12.1 Å². The Balaban J connectivity index is 2.30. The van der Waals surface area contributed by atoms with Crippen molar-refractivity contribution in [1.82, 2.24) is 0 Å². The summed E-state index contributed by atoms with van der Waals surface area (Å²) in [5, 5.41) is 10.8. The first kappa shape index (κ1) is 10.9. The van der Waals surface area contributed by atoms with Crippen molar-refractivity contribution in [3.8, 4) is 5.75 Å². The Morgan fingerprint density at radius 3 is 2.62 bits per heavy atom. The smallest absolute Gasteiger partial charge is 0.273 e. The molecule has 0 aromatic heterocycles. The minimum absolute atomic E-state index is 0.128. The van der Waals surface area contributed by atoms with Crippen molar-refractivity contribution in [3.05, 3.63) is 33.9 Å².